The Hall–Kier alpha value is -4.88. The summed E-state index contributed by atoms with van der Waals surface area (Å²) in [6.45, 7) is -0.920. The van der Waals surface area contributed by atoms with Crippen LogP contribution in [0.1, 0.15) is 11.3 Å². The van der Waals surface area contributed by atoms with Crippen molar-refractivity contribution in [2.75, 3.05) is 12.4 Å². The molecule has 192 valence electrons. The van der Waals surface area contributed by atoms with Gasteiger partial charge in [0.25, 0.3) is 0 Å². The second kappa shape index (κ2) is 10.4. The van der Waals surface area contributed by atoms with E-state index in [-0.39, 0.29) is 30.3 Å². The maximum atomic E-state index is 13.8. The quantitative estimate of drug-likeness (QED) is 0.321. The summed E-state index contributed by atoms with van der Waals surface area (Å²) in [5.74, 6) is -4.80. The number of anilines is 2. The van der Waals surface area contributed by atoms with Gasteiger partial charge in [-0.3, -0.25) is 9.36 Å². The second-order valence-electron chi connectivity index (χ2n) is 7.90. The number of rotatable bonds is 9. The number of primary amides is 1. The summed E-state index contributed by atoms with van der Waals surface area (Å²) >= 11 is 0. The second-order valence-corrected chi connectivity index (χ2v) is 7.90. The summed E-state index contributed by atoms with van der Waals surface area (Å²) in [5.41, 5.74) is 3.94. The van der Waals surface area contributed by atoms with Crippen molar-refractivity contribution in [3.63, 3.8) is 0 Å². The van der Waals surface area contributed by atoms with Crippen LogP contribution in [0.4, 0.5) is 24.8 Å². The van der Waals surface area contributed by atoms with Gasteiger partial charge in [-0.2, -0.15) is 4.98 Å². The minimum absolute atomic E-state index is 0.0889. The number of hydrogen-bond acceptors (Lipinski definition) is 7. The van der Waals surface area contributed by atoms with Crippen LogP contribution in [0.15, 0.2) is 58.5 Å². The molecular formula is C23H20F3N7O4. The number of carbonyl (C=O) groups is 1. The van der Waals surface area contributed by atoms with E-state index in [4.69, 9.17) is 10.5 Å². The average molecular weight is 515 g/mol. The van der Waals surface area contributed by atoms with Crippen LogP contribution in [0.5, 0.6) is 5.75 Å². The SMILES string of the molecule is COc1ccc(Nc2nc(=O)n(Cc3cn(CC(N)=O)cn3)c(=O)n2Cc2cc(F)c(F)c(F)c2)cc1. The zero-order chi connectivity index (χ0) is 26.7. The van der Waals surface area contributed by atoms with E-state index >= 15 is 0 Å². The number of nitrogens with one attached hydrogen (secondary N) is 1. The Kier molecular flexibility index (Phi) is 7.08. The molecule has 3 N–H and O–H groups in total. The molecule has 0 radical (unpaired) electrons. The van der Waals surface area contributed by atoms with Gasteiger partial charge in [0.05, 0.1) is 32.2 Å². The molecule has 0 bridgehead atoms. The van der Waals surface area contributed by atoms with Gasteiger partial charge in [0.15, 0.2) is 17.5 Å². The summed E-state index contributed by atoms with van der Waals surface area (Å²) in [5, 5.41) is 2.83. The molecule has 37 heavy (non-hydrogen) atoms. The lowest BCUT2D eigenvalue weighted by atomic mass is 10.2. The molecule has 0 saturated heterocycles. The van der Waals surface area contributed by atoms with Crippen molar-refractivity contribution < 1.29 is 22.7 Å². The molecule has 2 aromatic heterocycles. The Balaban J connectivity index is 1.77. The molecule has 4 aromatic rings. The van der Waals surface area contributed by atoms with E-state index in [1.165, 1.54) is 24.2 Å². The normalized spacial score (nSPS) is 10.9. The fourth-order valence-corrected chi connectivity index (χ4v) is 3.50. The molecule has 0 spiro atoms. The lowest BCUT2D eigenvalue weighted by Gasteiger charge is -2.16. The van der Waals surface area contributed by atoms with Crippen molar-refractivity contribution in [2.24, 2.45) is 5.73 Å². The molecule has 14 heteroatoms. The Bertz CT molecular complexity index is 1560. The molecule has 2 aromatic carbocycles. The van der Waals surface area contributed by atoms with E-state index in [0.717, 1.165) is 21.3 Å². The van der Waals surface area contributed by atoms with Crippen molar-refractivity contribution in [2.45, 2.75) is 19.6 Å². The predicted octanol–water partition coefficient (Wildman–Crippen LogP) is 1.35. The molecule has 0 aliphatic rings. The van der Waals surface area contributed by atoms with Gasteiger partial charge in [0.2, 0.25) is 11.9 Å². The van der Waals surface area contributed by atoms with Gasteiger partial charge in [-0.25, -0.2) is 32.3 Å². The number of methoxy groups -OCH3 is 1. The molecular weight excluding hydrogens is 495 g/mol. The van der Waals surface area contributed by atoms with Crippen molar-refractivity contribution in [3.8, 4) is 5.75 Å². The number of benzene rings is 2. The van der Waals surface area contributed by atoms with Gasteiger partial charge in [0.1, 0.15) is 12.3 Å². The minimum Gasteiger partial charge on any atom is -0.497 e. The first-order valence-corrected chi connectivity index (χ1v) is 10.7. The minimum atomic E-state index is -1.65. The van der Waals surface area contributed by atoms with Gasteiger partial charge in [-0.05, 0) is 42.0 Å². The third-order valence-electron chi connectivity index (χ3n) is 5.23. The molecule has 4 rings (SSSR count). The summed E-state index contributed by atoms with van der Waals surface area (Å²) in [6.07, 6.45) is 2.73. The summed E-state index contributed by atoms with van der Waals surface area (Å²) < 4.78 is 49.3. The van der Waals surface area contributed by atoms with Gasteiger partial charge in [-0.15, -0.1) is 0 Å². The van der Waals surface area contributed by atoms with Crippen LogP contribution in [-0.2, 0) is 24.4 Å². The number of imidazole rings is 1. The van der Waals surface area contributed by atoms with Crippen molar-refractivity contribution in [1.82, 2.24) is 23.7 Å². The maximum Gasteiger partial charge on any atom is 0.355 e. The third-order valence-corrected chi connectivity index (χ3v) is 5.23. The fourth-order valence-electron chi connectivity index (χ4n) is 3.50. The maximum absolute atomic E-state index is 13.8. The Morgan fingerprint density at radius 1 is 1.05 bits per heavy atom. The largest absolute Gasteiger partial charge is 0.497 e. The first kappa shape index (κ1) is 25.2. The van der Waals surface area contributed by atoms with Crippen LogP contribution in [0.2, 0.25) is 0 Å². The number of nitrogens with two attached hydrogens (primary N) is 1. The van der Waals surface area contributed by atoms with Gasteiger partial charge in [0, 0.05) is 11.9 Å². The first-order chi connectivity index (χ1) is 17.6. The Morgan fingerprint density at radius 2 is 1.73 bits per heavy atom. The smallest absolute Gasteiger partial charge is 0.355 e. The summed E-state index contributed by atoms with van der Waals surface area (Å²) in [7, 11) is 1.49. The number of aromatic nitrogens is 5. The standard InChI is InChI=1S/C23H20F3N7O4/c1-37-16-4-2-14(3-5-16)29-21-30-22(35)33(10-15-9-31(12-28-15)11-19(27)34)23(36)32(21)8-13-6-17(24)20(26)18(25)7-13/h2-7,9,12H,8,10-11H2,1H3,(H2,27,34)(H,29,30,35). The zero-order valence-corrected chi connectivity index (χ0v) is 19.3. The number of nitrogens with zero attached hydrogens (tertiary/aromatic N) is 5. The number of carbonyl (C=O) groups excluding carboxylic acids is 1. The van der Waals surface area contributed by atoms with Crippen LogP contribution in [0, 0.1) is 17.5 Å². The van der Waals surface area contributed by atoms with Crippen molar-refractivity contribution >= 4 is 17.5 Å². The van der Waals surface area contributed by atoms with E-state index in [1.54, 1.807) is 24.3 Å². The molecule has 0 saturated carbocycles. The molecule has 0 aliphatic heterocycles. The molecule has 0 aliphatic carbocycles. The van der Waals surface area contributed by atoms with Gasteiger partial charge >= 0.3 is 11.4 Å². The Labute approximate surface area is 206 Å². The fraction of sp³-hybridized carbons (Fsp3) is 0.174. The predicted molar refractivity (Wildman–Crippen MR) is 125 cm³/mol. The van der Waals surface area contributed by atoms with Crippen LogP contribution < -0.4 is 27.2 Å². The average Bonchev–Trinajstić information content (AvgIpc) is 3.29. The molecule has 2 heterocycles. The highest BCUT2D eigenvalue weighted by Gasteiger charge is 2.18. The highest BCUT2D eigenvalue weighted by molar-refractivity contribution is 5.73. The monoisotopic (exact) mass is 515 g/mol. The van der Waals surface area contributed by atoms with E-state index in [2.05, 4.69) is 15.3 Å². The highest BCUT2D eigenvalue weighted by atomic mass is 19.2. The van der Waals surface area contributed by atoms with E-state index in [0.29, 0.717) is 11.4 Å². The van der Waals surface area contributed by atoms with E-state index in [9.17, 15) is 27.6 Å². The summed E-state index contributed by atoms with van der Waals surface area (Å²) in [6, 6.07) is 7.93. The lowest BCUT2D eigenvalue weighted by Crippen LogP contribution is -2.43. The van der Waals surface area contributed by atoms with Crippen molar-refractivity contribution in [3.05, 3.63) is 98.6 Å². The topological polar surface area (TPSA) is 139 Å². The number of hydrogen-bond donors (Lipinski definition) is 2. The molecule has 0 atom stereocenters. The molecule has 0 fully saturated rings. The Morgan fingerprint density at radius 3 is 2.35 bits per heavy atom. The third kappa shape index (κ3) is 5.69. The first-order valence-electron chi connectivity index (χ1n) is 10.7. The van der Waals surface area contributed by atoms with Crippen molar-refractivity contribution in [1.29, 1.82) is 0 Å². The molecule has 1 amide bonds. The zero-order valence-electron chi connectivity index (χ0n) is 19.3. The van der Waals surface area contributed by atoms with Crippen LogP contribution in [0.3, 0.4) is 0 Å². The molecule has 11 nitrogen and oxygen atoms in total. The molecule has 0 unspecified atom stereocenters. The lowest BCUT2D eigenvalue weighted by molar-refractivity contribution is -0.118. The highest BCUT2D eigenvalue weighted by Crippen LogP contribution is 2.19. The number of amides is 1. The number of halogens is 3. The summed E-state index contributed by atoms with van der Waals surface area (Å²) in [4.78, 5) is 45.3. The van der Waals surface area contributed by atoms with Crippen LogP contribution >= 0.6 is 0 Å². The van der Waals surface area contributed by atoms with Gasteiger partial charge in [-0.1, -0.05) is 0 Å². The van der Waals surface area contributed by atoms with E-state index in [1.807, 2.05) is 0 Å². The van der Waals surface area contributed by atoms with Crippen LogP contribution in [0.25, 0.3) is 0 Å². The van der Waals surface area contributed by atoms with E-state index < -0.39 is 41.3 Å². The number of ether oxygens (including phenoxy) is 1. The van der Waals surface area contributed by atoms with Crippen LogP contribution in [-0.4, -0.2) is 36.7 Å². The van der Waals surface area contributed by atoms with Gasteiger partial charge < -0.3 is 20.4 Å².